The van der Waals surface area contributed by atoms with Crippen molar-refractivity contribution in [3.8, 4) is 0 Å². The van der Waals surface area contributed by atoms with Crippen LogP contribution in [-0.2, 0) is 19.2 Å². The second kappa shape index (κ2) is 8.03. The molecule has 0 aromatic rings. The van der Waals surface area contributed by atoms with Gasteiger partial charge < -0.3 is 26.0 Å². The van der Waals surface area contributed by atoms with Crippen molar-refractivity contribution in [3.05, 3.63) is 0 Å². The van der Waals surface area contributed by atoms with Crippen LogP contribution in [0.4, 0.5) is 0 Å². The van der Waals surface area contributed by atoms with Gasteiger partial charge in [0.05, 0.1) is 6.61 Å². The molecule has 108 valence electrons. The molecule has 0 aromatic heterocycles. The van der Waals surface area contributed by atoms with Gasteiger partial charge in [0, 0.05) is 13.3 Å². The maximum absolute atomic E-state index is 11.6. The zero-order valence-electron chi connectivity index (χ0n) is 10.3. The molecule has 0 saturated carbocycles. The van der Waals surface area contributed by atoms with Crippen LogP contribution in [0.1, 0.15) is 19.8 Å². The molecule has 19 heavy (non-hydrogen) atoms. The van der Waals surface area contributed by atoms with Gasteiger partial charge in [-0.1, -0.05) is 0 Å². The van der Waals surface area contributed by atoms with Crippen LogP contribution in [0.5, 0.6) is 0 Å². The fraction of sp³-hybridized carbons (Fsp3) is 0.600. The van der Waals surface area contributed by atoms with Gasteiger partial charge in [-0.2, -0.15) is 0 Å². The van der Waals surface area contributed by atoms with Gasteiger partial charge in [-0.25, -0.2) is 4.79 Å². The molecule has 0 saturated heterocycles. The molecule has 0 aromatic carbocycles. The molecule has 0 aliphatic heterocycles. The normalized spacial score (nSPS) is 13.2. The fourth-order valence-corrected chi connectivity index (χ4v) is 1.24. The van der Waals surface area contributed by atoms with E-state index in [2.05, 4.69) is 10.6 Å². The van der Waals surface area contributed by atoms with E-state index >= 15 is 0 Å². The third-order valence-electron chi connectivity index (χ3n) is 2.14. The van der Waals surface area contributed by atoms with Crippen molar-refractivity contribution in [3.63, 3.8) is 0 Å². The largest absolute Gasteiger partial charge is 0.481 e. The van der Waals surface area contributed by atoms with E-state index < -0.39 is 48.9 Å². The Labute approximate surface area is 108 Å². The van der Waals surface area contributed by atoms with Crippen molar-refractivity contribution in [2.45, 2.75) is 31.8 Å². The summed E-state index contributed by atoms with van der Waals surface area (Å²) in [6.07, 6.45) is -0.726. The molecule has 0 aliphatic carbocycles. The monoisotopic (exact) mass is 276 g/mol. The highest BCUT2D eigenvalue weighted by Gasteiger charge is 2.25. The molecule has 9 heteroatoms. The lowest BCUT2D eigenvalue weighted by Gasteiger charge is -2.19. The molecule has 0 unspecified atom stereocenters. The summed E-state index contributed by atoms with van der Waals surface area (Å²) in [5.41, 5.74) is 0. The number of carboxylic acid groups (broad SMARTS) is 2. The average Bonchev–Trinajstić information content (AvgIpc) is 2.30. The summed E-state index contributed by atoms with van der Waals surface area (Å²) < 4.78 is 0. The number of rotatable bonds is 8. The first-order chi connectivity index (χ1) is 8.77. The highest BCUT2D eigenvalue weighted by molar-refractivity contribution is 5.90. The minimum absolute atomic E-state index is 0.297. The molecular weight excluding hydrogens is 260 g/mol. The maximum Gasteiger partial charge on any atom is 0.326 e. The van der Waals surface area contributed by atoms with Gasteiger partial charge in [-0.15, -0.1) is 0 Å². The number of aliphatic hydroxyl groups is 1. The quantitative estimate of drug-likeness (QED) is 0.341. The van der Waals surface area contributed by atoms with Crippen LogP contribution >= 0.6 is 0 Å². The Kier molecular flexibility index (Phi) is 7.12. The van der Waals surface area contributed by atoms with E-state index in [-0.39, 0.29) is 6.42 Å². The van der Waals surface area contributed by atoms with E-state index in [1.54, 1.807) is 0 Å². The maximum atomic E-state index is 11.6. The van der Waals surface area contributed by atoms with Gasteiger partial charge in [0.1, 0.15) is 12.1 Å². The van der Waals surface area contributed by atoms with Crippen molar-refractivity contribution < 1.29 is 34.5 Å². The second-order valence-electron chi connectivity index (χ2n) is 3.77. The number of carbonyl (C=O) groups is 4. The van der Waals surface area contributed by atoms with Gasteiger partial charge >= 0.3 is 11.9 Å². The van der Waals surface area contributed by atoms with Crippen LogP contribution in [0.25, 0.3) is 0 Å². The SMILES string of the molecule is CC(=O)N[C@H](CO)C(=O)N[C@H](CCC(=O)O)C(=O)O. The Balaban J connectivity index is 4.55. The first kappa shape index (κ1) is 16.8. The zero-order valence-corrected chi connectivity index (χ0v) is 10.3. The number of aliphatic hydroxyl groups excluding tert-OH is 1. The highest BCUT2D eigenvalue weighted by atomic mass is 16.4. The van der Waals surface area contributed by atoms with Crippen LogP contribution in [0.3, 0.4) is 0 Å². The Morgan fingerprint density at radius 2 is 1.63 bits per heavy atom. The van der Waals surface area contributed by atoms with Crippen molar-refractivity contribution in [2.24, 2.45) is 0 Å². The number of hydrogen-bond acceptors (Lipinski definition) is 5. The van der Waals surface area contributed by atoms with E-state index in [0.717, 1.165) is 6.92 Å². The highest BCUT2D eigenvalue weighted by Crippen LogP contribution is 1.99. The molecule has 2 atom stereocenters. The summed E-state index contributed by atoms with van der Waals surface area (Å²) >= 11 is 0. The van der Waals surface area contributed by atoms with E-state index in [4.69, 9.17) is 15.3 Å². The van der Waals surface area contributed by atoms with Crippen molar-refractivity contribution in [2.75, 3.05) is 6.61 Å². The Morgan fingerprint density at radius 1 is 1.05 bits per heavy atom. The fourth-order valence-electron chi connectivity index (χ4n) is 1.24. The summed E-state index contributed by atoms with van der Waals surface area (Å²) in [5.74, 6) is -4.04. The smallest absolute Gasteiger partial charge is 0.326 e. The van der Waals surface area contributed by atoms with E-state index in [1.807, 2.05) is 0 Å². The minimum Gasteiger partial charge on any atom is -0.481 e. The van der Waals surface area contributed by atoms with Crippen molar-refractivity contribution >= 4 is 23.8 Å². The first-order valence-electron chi connectivity index (χ1n) is 5.40. The lowest BCUT2D eigenvalue weighted by molar-refractivity contribution is -0.143. The predicted molar refractivity (Wildman–Crippen MR) is 61.1 cm³/mol. The van der Waals surface area contributed by atoms with Gasteiger partial charge in [-0.05, 0) is 6.42 Å². The number of amides is 2. The summed E-state index contributed by atoms with van der Waals surface area (Å²) in [4.78, 5) is 43.5. The molecule has 5 N–H and O–H groups in total. The Hall–Kier alpha value is -2.16. The minimum atomic E-state index is -1.40. The standard InChI is InChI=1S/C10H16N2O7/c1-5(14)11-7(4-13)9(17)12-6(10(18)19)2-3-8(15)16/h6-7,13H,2-4H2,1H3,(H,11,14)(H,12,17)(H,15,16)(H,18,19)/t6-,7-/m1/s1. The van der Waals surface area contributed by atoms with Crippen LogP contribution in [-0.4, -0.2) is 57.8 Å². The molecule has 9 nitrogen and oxygen atoms in total. The Bertz CT molecular complexity index is 369. The van der Waals surface area contributed by atoms with Crippen LogP contribution in [0.15, 0.2) is 0 Å². The van der Waals surface area contributed by atoms with Gasteiger partial charge in [0.15, 0.2) is 0 Å². The molecule has 0 fully saturated rings. The number of aliphatic carboxylic acids is 2. The van der Waals surface area contributed by atoms with Crippen LogP contribution in [0, 0.1) is 0 Å². The molecule has 0 radical (unpaired) electrons. The number of nitrogens with one attached hydrogen (secondary N) is 2. The molecule has 0 bridgehead atoms. The number of hydrogen-bond donors (Lipinski definition) is 5. The topological polar surface area (TPSA) is 153 Å². The van der Waals surface area contributed by atoms with Crippen molar-refractivity contribution in [1.29, 1.82) is 0 Å². The zero-order chi connectivity index (χ0) is 15.0. The Morgan fingerprint density at radius 3 is 2.00 bits per heavy atom. The number of carbonyl (C=O) groups excluding carboxylic acids is 2. The van der Waals surface area contributed by atoms with Gasteiger partial charge in [-0.3, -0.25) is 14.4 Å². The van der Waals surface area contributed by atoms with E-state index in [1.165, 1.54) is 0 Å². The van der Waals surface area contributed by atoms with Gasteiger partial charge in [0.2, 0.25) is 11.8 Å². The van der Waals surface area contributed by atoms with Crippen LogP contribution in [0.2, 0.25) is 0 Å². The third-order valence-corrected chi connectivity index (χ3v) is 2.14. The molecule has 0 rings (SSSR count). The second-order valence-corrected chi connectivity index (χ2v) is 3.77. The molecule has 0 heterocycles. The van der Waals surface area contributed by atoms with Crippen molar-refractivity contribution in [1.82, 2.24) is 10.6 Å². The van der Waals surface area contributed by atoms with E-state index in [0.29, 0.717) is 0 Å². The molecular formula is C10H16N2O7. The van der Waals surface area contributed by atoms with Crippen LogP contribution < -0.4 is 10.6 Å². The summed E-state index contributed by atoms with van der Waals surface area (Å²) in [7, 11) is 0. The first-order valence-corrected chi connectivity index (χ1v) is 5.40. The summed E-state index contributed by atoms with van der Waals surface area (Å²) in [6.45, 7) is 0.436. The molecule has 2 amide bonds. The van der Waals surface area contributed by atoms with Gasteiger partial charge in [0.25, 0.3) is 0 Å². The third kappa shape index (κ3) is 6.99. The summed E-state index contributed by atoms with van der Waals surface area (Å²) in [5, 5.41) is 30.3. The molecule has 0 aliphatic rings. The summed E-state index contributed by atoms with van der Waals surface area (Å²) in [6, 6.07) is -2.67. The average molecular weight is 276 g/mol. The van der Waals surface area contributed by atoms with E-state index in [9.17, 15) is 19.2 Å². The predicted octanol–water partition coefficient (Wildman–Crippen LogP) is -2.08. The number of carboxylic acids is 2. The molecule has 0 spiro atoms. The lowest BCUT2D eigenvalue weighted by Crippen LogP contribution is -2.52. The lowest BCUT2D eigenvalue weighted by atomic mass is 10.1.